The van der Waals surface area contributed by atoms with E-state index in [1.54, 1.807) is 24.3 Å². The zero-order chi connectivity index (χ0) is 30.4. The van der Waals surface area contributed by atoms with Crippen LogP contribution in [0.3, 0.4) is 0 Å². The van der Waals surface area contributed by atoms with Gasteiger partial charge < -0.3 is 19.9 Å². The van der Waals surface area contributed by atoms with E-state index < -0.39 is 52.8 Å². The lowest BCUT2D eigenvalue weighted by Gasteiger charge is -2.24. The quantitative estimate of drug-likeness (QED) is 0.323. The molecular formula is C27H26FN5O7S2. The average molecular weight is 616 g/mol. The molecule has 0 aliphatic carbocycles. The average Bonchev–Trinajstić information content (AvgIpc) is 3.41. The van der Waals surface area contributed by atoms with Crippen LogP contribution in [0.1, 0.15) is 25.3 Å². The molecule has 220 valence electrons. The third-order valence-electron chi connectivity index (χ3n) is 6.87. The Morgan fingerprint density at radius 3 is 2.52 bits per heavy atom. The second-order valence-electron chi connectivity index (χ2n) is 10.2. The molecular weight excluding hydrogens is 589 g/mol. The van der Waals surface area contributed by atoms with Crippen molar-refractivity contribution >= 4 is 31.3 Å². The summed E-state index contributed by atoms with van der Waals surface area (Å²) in [7, 11) is -7.89. The number of ether oxygens (including phenoxy) is 1. The molecule has 2 aromatic carbocycles. The third kappa shape index (κ3) is 5.49. The van der Waals surface area contributed by atoms with Gasteiger partial charge in [0.1, 0.15) is 16.3 Å². The molecule has 12 nitrogen and oxygen atoms in total. The van der Waals surface area contributed by atoms with Gasteiger partial charge in [-0.1, -0.05) is 29.4 Å². The van der Waals surface area contributed by atoms with Gasteiger partial charge >= 0.3 is 0 Å². The number of nitrogens with zero attached hydrogens (tertiary/aromatic N) is 4. The van der Waals surface area contributed by atoms with Gasteiger partial charge in [0, 0.05) is 18.5 Å². The van der Waals surface area contributed by atoms with E-state index in [1.165, 1.54) is 20.0 Å². The Bertz CT molecular complexity index is 1880. The van der Waals surface area contributed by atoms with Gasteiger partial charge in [-0.2, -0.15) is 4.98 Å². The van der Waals surface area contributed by atoms with Crippen molar-refractivity contribution in [2.75, 3.05) is 16.9 Å². The first-order chi connectivity index (χ1) is 19.7. The first-order valence-corrected chi connectivity index (χ1v) is 16.1. The molecule has 0 radical (unpaired) electrons. The lowest BCUT2D eigenvalue weighted by molar-refractivity contribution is -0.119. The van der Waals surface area contributed by atoms with Gasteiger partial charge in [0.25, 0.3) is 0 Å². The van der Waals surface area contributed by atoms with Gasteiger partial charge in [-0.15, -0.1) is 0 Å². The number of halogens is 1. The second-order valence-corrected chi connectivity index (χ2v) is 14.8. The summed E-state index contributed by atoms with van der Waals surface area (Å²) in [5, 5.41) is 3.73. The molecule has 2 N–H and O–H groups in total. The van der Waals surface area contributed by atoms with Crippen molar-refractivity contribution in [2.24, 2.45) is 5.73 Å². The number of para-hydroxylation sites is 1. The Morgan fingerprint density at radius 2 is 1.88 bits per heavy atom. The number of pyridine rings is 1. The fraction of sp³-hybridized carbons (Fsp3) is 0.259. The molecule has 4 aromatic rings. The van der Waals surface area contributed by atoms with Crippen LogP contribution in [-0.4, -0.2) is 55.9 Å². The van der Waals surface area contributed by atoms with Crippen LogP contribution in [0, 0.1) is 5.82 Å². The van der Waals surface area contributed by atoms with Crippen molar-refractivity contribution in [2.45, 2.75) is 36.1 Å². The minimum atomic E-state index is -4.19. The smallest absolute Gasteiger partial charge is 0.247 e. The topological polar surface area (TPSA) is 176 Å². The predicted octanol–water partition coefficient (Wildman–Crippen LogP) is 2.99. The van der Waals surface area contributed by atoms with E-state index in [9.17, 15) is 21.6 Å². The number of aromatic nitrogens is 3. The number of carbonyl (C=O) groups is 1. The predicted molar refractivity (Wildman–Crippen MR) is 150 cm³/mol. The number of hydrogen-bond acceptors (Lipinski definition) is 11. The van der Waals surface area contributed by atoms with E-state index in [0.717, 1.165) is 23.3 Å². The zero-order valence-electron chi connectivity index (χ0n) is 22.7. The number of nitrogens with two attached hydrogens (primary N) is 1. The Kier molecular flexibility index (Phi) is 7.37. The van der Waals surface area contributed by atoms with Crippen LogP contribution in [-0.2, 0) is 35.8 Å². The Balaban J connectivity index is 1.55. The van der Waals surface area contributed by atoms with Crippen molar-refractivity contribution in [3.05, 3.63) is 78.1 Å². The Labute approximate surface area is 241 Å². The first kappa shape index (κ1) is 29.3. The summed E-state index contributed by atoms with van der Waals surface area (Å²) >= 11 is 0. The van der Waals surface area contributed by atoms with Crippen LogP contribution in [0.15, 0.2) is 70.2 Å². The number of rotatable bonds is 7. The second kappa shape index (κ2) is 10.6. The molecule has 0 unspecified atom stereocenters. The van der Waals surface area contributed by atoms with Crippen LogP contribution < -0.4 is 15.4 Å². The number of hydrogen-bond donors (Lipinski definition) is 1. The molecule has 0 bridgehead atoms. The number of benzene rings is 2. The van der Waals surface area contributed by atoms with Gasteiger partial charge in [-0.25, -0.2) is 26.2 Å². The van der Waals surface area contributed by atoms with Crippen LogP contribution in [0.5, 0.6) is 11.6 Å². The summed E-state index contributed by atoms with van der Waals surface area (Å²) in [6.07, 6.45) is 2.45. The summed E-state index contributed by atoms with van der Waals surface area (Å²) in [6, 6.07) is 12.7. The molecule has 1 amide bonds. The largest absolute Gasteiger partial charge is 0.439 e. The van der Waals surface area contributed by atoms with Crippen LogP contribution >= 0.6 is 0 Å². The highest BCUT2D eigenvalue weighted by Gasteiger charge is 2.40. The molecule has 0 saturated carbocycles. The van der Waals surface area contributed by atoms with E-state index in [2.05, 4.69) is 15.1 Å². The molecule has 3 heterocycles. The van der Waals surface area contributed by atoms with E-state index in [4.69, 9.17) is 15.0 Å². The van der Waals surface area contributed by atoms with Crippen molar-refractivity contribution in [3.63, 3.8) is 0 Å². The van der Waals surface area contributed by atoms with Crippen LogP contribution in [0.2, 0.25) is 0 Å². The van der Waals surface area contributed by atoms with Gasteiger partial charge in [-0.3, -0.25) is 4.79 Å². The molecule has 5 rings (SSSR count). The van der Waals surface area contributed by atoms with Crippen molar-refractivity contribution in [1.82, 2.24) is 15.1 Å². The van der Waals surface area contributed by atoms with Crippen LogP contribution in [0.25, 0.3) is 11.4 Å². The maximum Gasteiger partial charge on any atom is 0.247 e. The molecule has 15 heteroatoms. The minimum Gasteiger partial charge on any atom is -0.439 e. The third-order valence-corrected chi connectivity index (χ3v) is 10.7. The summed E-state index contributed by atoms with van der Waals surface area (Å²) in [5.74, 6) is -2.22. The van der Waals surface area contributed by atoms with E-state index in [0.29, 0.717) is 17.2 Å². The molecule has 42 heavy (non-hydrogen) atoms. The molecule has 1 atom stereocenters. The van der Waals surface area contributed by atoms with E-state index in [-0.39, 0.29) is 29.5 Å². The number of sulfone groups is 2. The van der Waals surface area contributed by atoms with Crippen molar-refractivity contribution in [3.8, 4) is 23.0 Å². The minimum absolute atomic E-state index is 0.150. The Hall–Kier alpha value is -4.21. The van der Waals surface area contributed by atoms with E-state index in [1.807, 2.05) is 18.2 Å². The summed E-state index contributed by atoms with van der Waals surface area (Å²) < 4.78 is 75.4. The maximum absolute atomic E-state index is 15.4. The number of anilines is 1. The highest BCUT2D eigenvalue weighted by Crippen LogP contribution is 2.37. The monoisotopic (exact) mass is 615 g/mol. The SMILES string of the molecule is CC(C)(c1nc(-c2cc3c(cc2F)S(=O)(=O)C[C@H](N)C(=O)N3Cc2ccc(Oc3ccccc3)nc2)no1)S(C)(=O)=O. The normalized spacial score (nSPS) is 17.0. The highest BCUT2D eigenvalue weighted by molar-refractivity contribution is 7.92. The van der Waals surface area contributed by atoms with Gasteiger partial charge in [0.2, 0.25) is 23.5 Å². The molecule has 0 fully saturated rings. The first-order valence-electron chi connectivity index (χ1n) is 12.5. The van der Waals surface area contributed by atoms with Gasteiger partial charge in [0.15, 0.2) is 19.7 Å². The number of fused-ring (bicyclic) bond motifs is 1. The standard InChI is InChI=1S/C27H26FN5O7S2/c1-27(2,41(3,35)36)26-31-24(32-40-26)18-11-21-22(12-19(18)28)42(37,38)15-20(29)25(34)33(21)14-16-9-10-23(30-13-16)39-17-7-5-4-6-8-17/h4-13,20H,14-15,29H2,1-3H3/t20-/m0/s1. The molecule has 0 saturated heterocycles. The summed E-state index contributed by atoms with van der Waals surface area (Å²) in [6.45, 7) is 2.55. The maximum atomic E-state index is 15.4. The van der Waals surface area contributed by atoms with Crippen molar-refractivity contribution in [1.29, 1.82) is 0 Å². The molecule has 2 aromatic heterocycles. The van der Waals surface area contributed by atoms with Crippen LogP contribution in [0.4, 0.5) is 10.1 Å². The lowest BCUT2D eigenvalue weighted by Crippen LogP contribution is -2.45. The molecule has 1 aliphatic heterocycles. The summed E-state index contributed by atoms with van der Waals surface area (Å²) in [5.41, 5.74) is 6.02. The number of carbonyl (C=O) groups excluding carboxylic acids is 1. The number of amides is 1. The fourth-order valence-corrected chi connectivity index (χ4v) is 6.11. The fourth-order valence-electron chi connectivity index (χ4n) is 4.15. The highest BCUT2D eigenvalue weighted by atomic mass is 32.2. The Morgan fingerprint density at radius 1 is 1.17 bits per heavy atom. The molecule has 1 aliphatic rings. The lowest BCUT2D eigenvalue weighted by atomic mass is 10.1. The van der Waals surface area contributed by atoms with Gasteiger partial charge in [-0.05, 0) is 43.7 Å². The van der Waals surface area contributed by atoms with E-state index >= 15 is 4.39 Å². The van der Waals surface area contributed by atoms with Crippen molar-refractivity contribution < 1.29 is 35.3 Å². The zero-order valence-corrected chi connectivity index (χ0v) is 24.3. The summed E-state index contributed by atoms with van der Waals surface area (Å²) in [4.78, 5) is 22.4. The van der Waals surface area contributed by atoms with Gasteiger partial charge in [0.05, 0.1) is 34.5 Å². The molecule has 0 spiro atoms.